The highest BCUT2D eigenvalue weighted by Gasteiger charge is 2.47. The lowest BCUT2D eigenvalue weighted by molar-refractivity contribution is -0.0834. The van der Waals surface area contributed by atoms with Gasteiger partial charge in [-0.2, -0.15) is 0 Å². The van der Waals surface area contributed by atoms with E-state index < -0.39 is 11.2 Å². The number of hydrogen-bond acceptors (Lipinski definition) is 4. The van der Waals surface area contributed by atoms with Gasteiger partial charge in [0, 0.05) is 25.6 Å². The van der Waals surface area contributed by atoms with Crippen LogP contribution >= 0.6 is 0 Å². The van der Waals surface area contributed by atoms with Gasteiger partial charge in [0.2, 0.25) is 0 Å². The fraction of sp³-hybridized carbons (Fsp3) is 0.929. The summed E-state index contributed by atoms with van der Waals surface area (Å²) in [5.41, 5.74) is -1.22. The fourth-order valence-electron chi connectivity index (χ4n) is 3.19. The van der Waals surface area contributed by atoms with Gasteiger partial charge in [0.1, 0.15) is 5.60 Å². The summed E-state index contributed by atoms with van der Waals surface area (Å²) in [6, 6.07) is 0.0346. The van der Waals surface area contributed by atoms with Crippen LogP contribution < -0.4 is 5.32 Å². The molecule has 0 bridgehead atoms. The van der Waals surface area contributed by atoms with Gasteiger partial charge >= 0.3 is 6.09 Å². The van der Waals surface area contributed by atoms with Crippen molar-refractivity contribution in [3.63, 3.8) is 0 Å². The van der Waals surface area contributed by atoms with E-state index in [9.17, 15) is 9.90 Å². The molecule has 5 nitrogen and oxygen atoms in total. The van der Waals surface area contributed by atoms with Crippen LogP contribution in [-0.4, -0.2) is 53.0 Å². The molecule has 0 aromatic carbocycles. The largest absolute Gasteiger partial charge is 0.444 e. The van der Waals surface area contributed by atoms with Crippen LogP contribution in [0.3, 0.4) is 0 Å². The van der Waals surface area contributed by atoms with Crippen molar-refractivity contribution in [3.05, 3.63) is 0 Å². The van der Waals surface area contributed by atoms with Crippen molar-refractivity contribution in [1.82, 2.24) is 10.2 Å². The van der Waals surface area contributed by atoms with E-state index in [0.29, 0.717) is 13.1 Å². The summed E-state index contributed by atoms with van der Waals surface area (Å²) in [5, 5.41) is 13.7. The van der Waals surface area contributed by atoms with E-state index >= 15 is 0 Å². The first kappa shape index (κ1) is 14.6. The Balaban J connectivity index is 2.11. The van der Waals surface area contributed by atoms with Crippen LogP contribution in [0.1, 0.15) is 40.5 Å². The standard InChI is InChI=1S/C14H26N2O3/c1-13(2,3)19-12(17)16-7-5-6-10-11(16)8-15-9-14(10,4)18/h10-11,15,18H,5-9H2,1-4H3. The molecular weight excluding hydrogens is 244 g/mol. The van der Waals surface area contributed by atoms with Crippen molar-refractivity contribution in [2.45, 2.75) is 57.8 Å². The van der Waals surface area contributed by atoms with E-state index in [1.807, 2.05) is 27.7 Å². The Hall–Kier alpha value is -0.810. The van der Waals surface area contributed by atoms with Crippen LogP contribution in [-0.2, 0) is 4.74 Å². The average Bonchev–Trinajstić information content (AvgIpc) is 2.25. The van der Waals surface area contributed by atoms with Gasteiger partial charge in [-0.15, -0.1) is 0 Å². The summed E-state index contributed by atoms with van der Waals surface area (Å²) in [6.45, 7) is 9.53. The van der Waals surface area contributed by atoms with Crippen LogP contribution in [0.4, 0.5) is 4.79 Å². The van der Waals surface area contributed by atoms with Crippen molar-refractivity contribution in [2.24, 2.45) is 5.92 Å². The molecule has 2 saturated heterocycles. The molecule has 0 aromatic rings. The Bertz CT molecular complexity index is 349. The van der Waals surface area contributed by atoms with Crippen LogP contribution in [0, 0.1) is 5.92 Å². The van der Waals surface area contributed by atoms with Crippen molar-refractivity contribution in [1.29, 1.82) is 0 Å². The van der Waals surface area contributed by atoms with Gasteiger partial charge in [-0.1, -0.05) is 0 Å². The maximum Gasteiger partial charge on any atom is 0.410 e. The predicted molar refractivity (Wildman–Crippen MR) is 72.9 cm³/mol. The lowest BCUT2D eigenvalue weighted by Gasteiger charge is -2.50. The number of amides is 1. The Labute approximate surface area is 115 Å². The Morgan fingerprint density at radius 3 is 2.79 bits per heavy atom. The number of piperidine rings is 2. The molecule has 2 rings (SSSR count). The number of carbonyl (C=O) groups excluding carboxylic acids is 1. The molecule has 0 saturated carbocycles. The minimum absolute atomic E-state index is 0.0346. The number of nitrogens with one attached hydrogen (secondary N) is 1. The molecule has 0 radical (unpaired) electrons. The van der Waals surface area contributed by atoms with Crippen LogP contribution in [0.25, 0.3) is 0 Å². The number of likely N-dealkylation sites (tertiary alicyclic amines) is 1. The normalized spacial score (nSPS) is 35.7. The number of rotatable bonds is 0. The quantitative estimate of drug-likeness (QED) is 0.697. The van der Waals surface area contributed by atoms with E-state index in [1.54, 1.807) is 4.90 Å². The molecule has 0 spiro atoms. The van der Waals surface area contributed by atoms with E-state index in [4.69, 9.17) is 4.74 Å². The lowest BCUT2D eigenvalue weighted by Crippen LogP contribution is -2.65. The van der Waals surface area contributed by atoms with E-state index in [2.05, 4.69) is 5.32 Å². The van der Waals surface area contributed by atoms with Crippen LogP contribution in [0.5, 0.6) is 0 Å². The monoisotopic (exact) mass is 270 g/mol. The molecule has 2 heterocycles. The third kappa shape index (κ3) is 3.20. The molecule has 3 atom stereocenters. The number of hydrogen-bond donors (Lipinski definition) is 2. The molecule has 2 N–H and O–H groups in total. The van der Waals surface area contributed by atoms with Crippen LogP contribution in [0.2, 0.25) is 0 Å². The zero-order valence-corrected chi connectivity index (χ0v) is 12.4. The molecule has 2 aliphatic rings. The van der Waals surface area contributed by atoms with Gasteiger partial charge in [0.25, 0.3) is 0 Å². The molecule has 3 unspecified atom stereocenters. The smallest absolute Gasteiger partial charge is 0.410 e. The molecule has 5 heteroatoms. The summed E-state index contributed by atoms with van der Waals surface area (Å²) in [7, 11) is 0. The highest BCUT2D eigenvalue weighted by molar-refractivity contribution is 5.69. The molecular formula is C14H26N2O3. The zero-order valence-electron chi connectivity index (χ0n) is 12.4. The third-order valence-electron chi connectivity index (χ3n) is 4.04. The van der Waals surface area contributed by atoms with E-state index in [0.717, 1.165) is 19.4 Å². The van der Waals surface area contributed by atoms with Crippen molar-refractivity contribution in [2.75, 3.05) is 19.6 Å². The summed E-state index contributed by atoms with van der Waals surface area (Å²) in [5.74, 6) is 0.134. The highest BCUT2D eigenvalue weighted by atomic mass is 16.6. The second kappa shape index (κ2) is 4.94. The van der Waals surface area contributed by atoms with Gasteiger partial charge in [0.05, 0.1) is 11.6 Å². The Morgan fingerprint density at radius 2 is 2.16 bits per heavy atom. The highest BCUT2D eigenvalue weighted by Crippen LogP contribution is 2.35. The molecule has 0 aromatic heterocycles. The topological polar surface area (TPSA) is 61.8 Å². The second-order valence-corrected chi connectivity index (χ2v) is 6.98. The molecule has 19 heavy (non-hydrogen) atoms. The Morgan fingerprint density at radius 1 is 1.47 bits per heavy atom. The third-order valence-corrected chi connectivity index (χ3v) is 4.04. The fourth-order valence-corrected chi connectivity index (χ4v) is 3.19. The zero-order chi connectivity index (χ0) is 14.3. The summed E-state index contributed by atoms with van der Waals surface area (Å²) in [6.07, 6.45) is 1.64. The number of nitrogens with zero attached hydrogens (tertiary/aromatic N) is 1. The van der Waals surface area contributed by atoms with Gasteiger partial charge in [-0.25, -0.2) is 4.79 Å². The first-order valence-corrected chi connectivity index (χ1v) is 7.13. The SMILES string of the molecule is CC(C)(C)OC(=O)N1CCCC2C1CNCC2(C)O. The number of fused-ring (bicyclic) bond motifs is 1. The molecule has 110 valence electrons. The molecule has 2 aliphatic heterocycles. The summed E-state index contributed by atoms with van der Waals surface area (Å²) < 4.78 is 5.47. The van der Waals surface area contributed by atoms with Gasteiger partial charge < -0.3 is 20.1 Å². The summed E-state index contributed by atoms with van der Waals surface area (Å²) in [4.78, 5) is 14.1. The van der Waals surface area contributed by atoms with Crippen molar-refractivity contribution < 1.29 is 14.6 Å². The maximum absolute atomic E-state index is 12.3. The predicted octanol–water partition coefficient (Wildman–Crippen LogP) is 1.36. The molecule has 0 aliphatic carbocycles. The van der Waals surface area contributed by atoms with Gasteiger partial charge in [-0.05, 0) is 40.5 Å². The number of carbonyl (C=O) groups is 1. The first-order chi connectivity index (χ1) is 8.71. The number of ether oxygens (including phenoxy) is 1. The van der Waals surface area contributed by atoms with Crippen molar-refractivity contribution in [3.8, 4) is 0 Å². The first-order valence-electron chi connectivity index (χ1n) is 7.13. The van der Waals surface area contributed by atoms with Crippen LogP contribution in [0.15, 0.2) is 0 Å². The van der Waals surface area contributed by atoms with E-state index in [1.165, 1.54) is 0 Å². The van der Waals surface area contributed by atoms with Gasteiger partial charge in [-0.3, -0.25) is 0 Å². The minimum Gasteiger partial charge on any atom is -0.444 e. The lowest BCUT2D eigenvalue weighted by atomic mass is 9.74. The van der Waals surface area contributed by atoms with E-state index in [-0.39, 0.29) is 18.1 Å². The number of aliphatic hydroxyl groups is 1. The average molecular weight is 270 g/mol. The Kier molecular flexibility index (Phi) is 3.80. The van der Waals surface area contributed by atoms with Crippen molar-refractivity contribution >= 4 is 6.09 Å². The maximum atomic E-state index is 12.3. The molecule has 1 amide bonds. The minimum atomic E-state index is -0.746. The van der Waals surface area contributed by atoms with Gasteiger partial charge in [0.15, 0.2) is 0 Å². The second-order valence-electron chi connectivity index (χ2n) is 6.98. The summed E-state index contributed by atoms with van der Waals surface area (Å²) >= 11 is 0. The number of β-amino-alcohol motifs (C(OH)–C–C–N with tert-alkyl or cyclic N) is 1. The molecule has 2 fully saturated rings.